The molecule has 0 bridgehead atoms. The number of amides is 2. The van der Waals surface area contributed by atoms with E-state index in [2.05, 4.69) is 6.08 Å². The SMILES string of the molecule is O=C1C[C@H]([C@H]2CCCC=C2[NH+]2CCOCC2)C(=O)N1c1cccc(C(F)(F)F)c1. The molecule has 0 spiro atoms. The lowest BCUT2D eigenvalue weighted by atomic mass is 9.80. The summed E-state index contributed by atoms with van der Waals surface area (Å²) in [6.45, 7) is 2.98. The zero-order valence-electron chi connectivity index (χ0n) is 16.0. The molecule has 0 unspecified atom stereocenters. The minimum Gasteiger partial charge on any atom is -0.370 e. The number of alkyl halides is 3. The molecule has 1 aliphatic carbocycles. The summed E-state index contributed by atoms with van der Waals surface area (Å²) in [6, 6.07) is 4.44. The van der Waals surface area contributed by atoms with Gasteiger partial charge in [-0.25, -0.2) is 0 Å². The molecule has 2 amide bonds. The number of anilines is 1. The van der Waals surface area contributed by atoms with Crippen molar-refractivity contribution in [3.8, 4) is 0 Å². The van der Waals surface area contributed by atoms with E-state index in [4.69, 9.17) is 4.74 Å². The first kappa shape index (κ1) is 20.1. The molecule has 1 aromatic rings. The van der Waals surface area contributed by atoms with Crippen molar-refractivity contribution >= 4 is 17.5 Å². The van der Waals surface area contributed by atoms with E-state index < -0.39 is 23.6 Å². The summed E-state index contributed by atoms with van der Waals surface area (Å²) >= 11 is 0. The molecule has 29 heavy (non-hydrogen) atoms. The second-order valence-corrected chi connectivity index (χ2v) is 7.84. The van der Waals surface area contributed by atoms with E-state index in [0.29, 0.717) is 13.2 Å². The van der Waals surface area contributed by atoms with Crippen molar-refractivity contribution in [1.82, 2.24) is 0 Å². The molecule has 2 heterocycles. The minimum atomic E-state index is -4.53. The Balaban J connectivity index is 1.59. The number of benzene rings is 1. The molecule has 0 saturated carbocycles. The maximum absolute atomic E-state index is 13.2. The van der Waals surface area contributed by atoms with Crippen molar-refractivity contribution in [2.45, 2.75) is 31.9 Å². The number of nitrogens with zero attached hydrogens (tertiary/aromatic N) is 1. The maximum atomic E-state index is 13.2. The quantitative estimate of drug-likeness (QED) is 0.779. The van der Waals surface area contributed by atoms with Crippen molar-refractivity contribution in [1.29, 1.82) is 0 Å². The van der Waals surface area contributed by atoms with Crippen molar-refractivity contribution in [3.05, 3.63) is 41.6 Å². The van der Waals surface area contributed by atoms with Gasteiger partial charge >= 0.3 is 6.18 Å². The van der Waals surface area contributed by atoms with Crippen LogP contribution in [-0.2, 0) is 20.5 Å². The zero-order valence-corrected chi connectivity index (χ0v) is 16.0. The normalized spacial score (nSPS) is 26.7. The van der Waals surface area contributed by atoms with Gasteiger partial charge in [-0.1, -0.05) is 6.07 Å². The molecule has 0 aromatic heterocycles. The molecular weight excluding hydrogens is 385 g/mol. The number of nitrogens with one attached hydrogen (secondary N) is 1. The highest BCUT2D eigenvalue weighted by molar-refractivity contribution is 6.21. The molecular formula is C21H24F3N2O3+. The van der Waals surface area contributed by atoms with Crippen LogP contribution in [0.25, 0.3) is 0 Å². The van der Waals surface area contributed by atoms with Crippen LogP contribution in [-0.4, -0.2) is 38.1 Å². The Morgan fingerprint density at radius 2 is 1.86 bits per heavy atom. The van der Waals surface area contributed by atoms with E-state index in [1.54, 1.807) is 0 Å². The molecule has 2 saturated heterocycles. The third-order valence-electron chi connectivity index (χ3n) is 6.09. The molecule has 2 atom stereocenters. The predicted octanol–water partition coefficient (Wildman–Crippen LogP) is 2.18. The summed E-state index contributed by atoms with van der Waals surface area (Å²) in [4.78, 5) is 28.1. The molecule has 2 aliphatic heterocycles. The van der Waals surface area contributed by atoms with Gasteiger partial charge in [0.2, 0.25) is 11.8 Å². The molecule has 2 fully saturated rings. The molecule has 1 aromatic carbocycles. The number of carbonyl (C=O) groups excluding carboxylic acids is 2. The van der Waals surface area contributed by atoms with Gasteiger partial charge < -0.3 is 9.64 Å². The summed E-state index contributed by atoms with van der Waals surface area (Å²) in [5.41, 5.74) is 0.295. The number of rotatable bonds is 3. The summed E-state index contributed by atoms with van der Waals surface area (Å²) in [5.74, 6) is -1.39. The maximum Gasteiger partial charge on any atom is 0.416 e. The molecule has 8 heteroatoms. The second-order valence-electron chi connectivity index (χ2n) is 7.84. The number of morpholine rings is 1. The van der Waals surface area contributed by atoms with Crippen molar-refractivity contribution in [2.75, 3.05) is 31.2 Å². The third-order valence-corrected chi connectivity index (χ3v) is 6.09. The van der Waals surface area contributed by atoms with Crippen LogP contribution in [0.5, 0.6) is 0 Å². The lowest BCUT2D eigenvalue weighted by molar-refractivity contribution is -0.874. The van der Waals surface area contributed by atoms with E-state index >= 15 is 0 Å². The number of halogens is 3. The molecule has 5 nitrogen and oxygen atoms in total. The fourth-order valence-electron chi connectivity index (χ4n) is 4.70. The van der Waals surface area contributed by atoms with Crippen LogP contribution in [0.3, 0.4) is 0 Å². The smallest absolute Gasteiger partial charge is 0.370 e. The van der Waals surface area contributed by atoms with E-state index in [-0.39, 0.29) is 23.9 Å². The Kier molecular flexibility index (Phi) is 5.48. The average molecular weight is 409 g/mol. The van der Waals surface area contributed by atoms with E-state index in [1.165, 1.54) is 17.0 Å². The number of quaternary nitrogens is 1. The monoisotopic (exact) mass is 409 g/mol. The number of hydrogen-bond acceptors (Lipinski definition) is 3. The Bertz CT molecular complexity index is 831. The van der Waals surface area contributed by atoms with Gasteiger partial charge in [-0.15, -0.1) is 0 Å². The van der Waals surface area contributed by atoms with Crippen LogP contribution in [0.4, 0.5) is 18.9 Å². The average Bonchev–Trinajstić information content (AvgIpc) is 3.02. The Morgan fingerprint density at radius 3 is 2.59 bits per heavy atom. The van der Waals surface area contributed by atoms with E-state index in [9.17, 15) is 22.8 Å². The standard InChI is InChI=1S/C21H23F3N2O3/c22-21(23,24)14-4-3-5-15(12-14)26-19(27)13-17(20(26)28)16-6-1-2-7-18(16)25-8-10-29-11-9-25/h3-5,7,12,16-17H,1-2,6,8-11,13H2/p+1/t16-,17-/m1/s1. The number of imide groups is 1. The number of carbonyl (C=O) groups is 2. The lowest BCUT2D eigenvalue weighted by Crippen LogP contribution is -3.13. The summed E-state index contributed by atoms with van der Waals surface area (Å²) in [6.07, 6.45) is 0.402. The van der Waals surface area contributed by atoms with Crippen LogP contribution < -0.4 is 9.80 Å². The highest BCUT2D eigenvalue weighted by atomic mass is 19.4. The van der Waals surface area contributed by atoms with Gasteiger partial charge in [-0.2, -0.15) is 13.2 Å². The number of allylic oxidation sites excluding steroid dienone is 2. The van der Waals surface area contributed by atoms with Crippen LogP contribution in [0.2, 0.25) is 0 Å². The van der Waals surface area contributed by atoms with Crippen molar-refractivity contribution in [3.63, 3.8) is 0 Å². The van der Waals surface area contributed by atoms with Gasteiger partial charge in [0.05, 0.1) is 30.4 Å². The first-order valence-corrected chi connectivity index (χ1v) is 10.0. The predicted molar refractivity (Wildman–Crippen MR) is 99.0 cm³/mol. The largest absolute Gasteiger partial charge is 0.416 e. The fourth-order valence-corrected chi connectivity index (χ4v) is 4.70. The molecule has 0 radical (unpaired) electrons. The van der Waals surface area contributed by atoms with Crippen LogP contribution in [0, 0.1) is 11.8 Å². The summed E-state index contributed by atoms with van der Waals surface area (Å²) < 4.78 is 44.6. The third kappa shape index (κ3) is 3.96. The zero-order chi connectivity index (χ0) is 20.6. The highest BCUT2D eigenvalue weighted by Crippen LogP contribution is 2.39. The molecule has 4 rings (SSSR count). The van der Waals surface area contributed by atoms with Gasteiger partial charge in [-0.3, -0.25) is 14.5 Å². The van der Waals surface area contributed by atoms with Crippen LogP contribution in [0.1, 0.15) is 31.2 Å². The Labute approximate surface area is 167 Å². The summed E-state index contributed by atoms with van der Waals surface area (Å²) in [7, 11) is 0. The van der Waals surface area contributed by atoms with Crippen molar-refractivity contribution in [2.24, 2.45) is 11.8 Å². The molecule has 1 N–H and O–H groups in total. The molecule has 3 aliphatic rings. The topological polar surface area (TPSA) is 51.1 Å². The van der Waals surface area contributed by atoms with Crippen LogP contribution in [0.15, 0.2) is 36.0 Å². The van der Waals surface area contributed by atoms with E-state index in [0.717, 1.165) is 55.1 Å². The van der Waals surface area contributed by atoms with Gasteiger partial charge in [0.1, 0.15) is 18.8 Å². The molecule has 156 valence electrons. The highest BCUT2D eigenvalue weighted by Gasteiger charge is 2.47. The van der Waals surface area contributed by atoms with Gasteiger partial charge in [0.15, 0.2) is 0 Å². The summed E-state index contributed by atoms with van der Waals surface area (Å²) in [5, 5.41) is 0. The number of hydrogen-bond donors (Lipinski definition) is 1. The number of ether oxygens (including phenoxy) is 1. The fraction of sp³-hybridized carbons (Fsp3) is 0.524. The van der Waals surface area contributed by atoms with Gasteiger partial charge in [-0.05, 0) is 43.5 Å². The Hall–Kier alpha value is -2.19. The first-order chi connectivity index (χ1) is 13.9. The van der Waals surface area contributed by atoms with Gasteiger partial charge in [0, 0.05) is 12.3 Å². The van der Waals surface area contributed by atoms with Gasteiger partial charge in [0.25, 0.3) is 0 Å². The first-order valence-electron chi connectivity index (χ1n) is 10.0. The van der Waals surface area contributed by atoms with Crippen LogP contribution >= 0.6 is 0 Å². The minimum absolute atomic E-state index is 0.00242. The van der Waals surface area contributed by atoms with Crippen molar-refractivity contribution < 1.29 is 32.4 Å². The Morgan fingerprint density at radius 1 is 1.10 bits per heavy atom. The van der Waals surface area contributed by atoms with E-state index in [1.807, 2.05) is 0 Å². The lowest BCUT2D eigenvalue weighted by Gasteiger charge is -2.34. The second kappa shape index (κ2) is 7.91.